The third-order valence-electron chi connectivity index (χ3n) is 5.37. The molecule has 2 aliphatic heterocycles. The molecule has 28 heavy (non-hydrogen) atoms. The van der Waals surface area contributed by atoms with Gasteiger partial charge >= 0.3 is 0 Å². The number of carbonyl (C=O) groups excluding carboxylic acids is 1. The number of likely N-dealkylation sites (N-methyl/N-ethyl adjacent to an activating group) is 1. The second-order valence-corrected chi connectivity index (χ2v) is 8.44. The van der Waals surface area contributed by atoms with Crippen LogP contribution in [0, 0.1) is 0 Å². The Balaban J connectivity index is 1.41. The molecule has 1 amide bonds. The molecule has 3 aromatic rings. The summed E-state index contributed by atoms with van der Waals surface area (Å²) in [4.78, 5) is 32.3. The summed E-state index contributed by atoms with van der Waals surface area (Å²) in [6, 6.07) is 6.15. The van der Waals surface area contributed by atoms with Gasteiger partial charge in [0.1, 0.15) is 22.2 Å². The molecule has 0 N–H and O–H groups in total. The fourth-order valence-electron chi connectivity index (χ4n) is 3.77. The average Bonchev–Trinajstić information content (AvgIpc) is 3.37. The van der Waals surface area contributed by atoms with Gasteiger partial charge in [0.2, 0.25) is 5.91 Å². The van der Waals surface area contributed by atoms with E-state index >= 15 is 0 Å². The molecule has 0 spiro atoms. The van der Waals surface area contributed by atoms with E-state index in [1.54, 1.807) is 22.4 Å². The maximum Gasteiger partial charge on any atom is 0.242 e. The van der Waals surface area contributed by atoms with Gasteiger partial charge in [0.15, 0.2) is 0 Å². The Morgan fingerprint density at radius 3 is 2.57 bits per heavy atom. The van der Waals surface area contributed by atoms with E-state index in [0.717, 1.165) is 46.2 Å². The van der Waals surface area contributed by atoms with Crippen LogP contribution in [0.5, 0.6) is 0 Å². The number of rotatable bonds is 3. The average molecular weight is 395 g/mol. The number of nitrogens with zero attached hydrogens (tertiary/aromatic N) is 6. The van der Waals surface area contributed by atoms with Crippen molar-refractivity contribution in [3.05, 3.63) is 30.6 Å². The first-order chi connectivity index (χ1) is 13.7. The van der Waals surface area contributed by atoms with Gasteiger partial charge in [-0.3, -0.25) is 14.6 Å². The van der Waals surface area contributed by atoms with Crippen molar-refractivity contribution in [2.75, 3.05) is 49.6 Å². The number of pyridine rings is 2. The van der Waals surface area contributed by atoms with Crippen LogP contribution >= 0.6 is 11.3 Å². The quantitative estimate of drug-likeness (QED) is 0.680. The zero-order chi connectivity index (χ0) is 19.1. The first-order valence-electron chi connectivity index (χ1n) is 9.64. The van der Waals surface area contributed by atoms with Crippen molar-refractivity contribution >= 4 is 39.1 Å². The molecule has 5 heterocycles. The van der Waals surface area contributed by atoms with E-state index in [1.807, 2.05) is 24.2 Å². The summed E-state index contributed by atoms with van der Waals surface area (Å²) in [6.07, 6.45) is 6.16. The first kappa shape index (κ1) is 17.5. The topological polar surface area (TPSA) is 65.5 Å². The van der Waals surface area contributed by atoms with Gasteiger partial charge in [-0.1, -0.05) is 0 Å². The summed E-state index contributed by atoms with van der Waals surface area (Å²) in [7, 11) is 1.96. The Labute approximate surface area is 167 Å². The summed E-state index contributed by atoms with van der Waals surface area (Å²) >= 11 is 1.62. The highest BCUT2D eigenvalue weighted by molar-refractivity contribution is 7.21. The summed E-state index contributed by atoms with van der Waals surface area (Å²) in [6.45, 7) is 4.14. The van der Waals surface area contributed by atoms with E-state index in [4.69, 9.17) is 4.98 Å². The van der Waals surface area contributed by atoms with Crippen molar-refractivity contribution in [3.63, 3.8) is 0 Å². The second-order valence-electron chi connectivity index (χ2n) is 7.41. The van der Waals surface area contributed by atoms with E-state index in [0.29, 0.717) is 18.9 Å². The molecule has 2 fully saturated rings. The molecule has 3 aromatic heterocycles. The number of hydrogen-bond acceptors (Lipinski definition) is 7. The predicted octanol–water partition coefficient (Wildman–Crippen LogP) is 2.63. The standard InChI is InChI=1S/C20H22N6OS/c1-24-8-9-26(19(27)13-24)18-10-16-15(12-22-18)23-20(28-16)14-4-5-17(21-11-14)25-6-2-3-7-25/h4-5,10-12H,2-3,6-9,13H2,1H3. The molecule has 2 aliphatic rings. The van der Waals surface area contributed by atoms with Crippen molar-refractivity contribution in [1.29, 1.82) is 0 Å². The molecule has 0 unspecified atom stereocenters. The minimum atomic E-state index is 0.0899. The van der Waals surface area contributed by atoms with Gasteiger partial charge in [0, 0.05) is 44.0 Å². The smallest absolute Gasteiger partial charge is 0.242 e. The summed E-state index contributed by atoms with van der Waals surface area (Å²) in [5.74, 6) is 1.84. The van der Waals surface area contributed by atoms with Crippen LogP contribution in [0.2, 0.25) is 0 Å². The fraction of sp³-hybridized carbons (Fsp3) is 0.400. The molecule has 0 atom stereocenters. The summed E-state index contributed by atoms with van der Waals surface area (Å²) < 4.78 is 1.04. The van der Waals surface area contributed by atoms with Gasteiger partial charge in [0.25, 0.3) is 0 Å². The summed E-state index contributed by atoms with van der Waals surface area (Å²) in [5.41, 5.74) is 1.87. The zero-order valence-corrected chi connectivity index (χ0v) is 16.7. The Morgan fingerprint density at radius 2 is 1.82 bits per heavy atom. The number of piperazine rings is 1. The minimum Gasteiger partial charge on any atom is -0.357 e. The number of aromatic nitrogens is 3. The maximum absolute atomic E-state index is 12.3. The van der Waals surface area contributed by atoms with Gasteiger partial charge < -0.3 is 4.90 Å². The van der Waals surface area contributed by atoms with Gasteiger partial charge in [-0.2, -0.15) is 0 Å². The molecular weight excluding hydrogens is 372 g/mol. The molecule has 144 valence electrons. The fourth-order valence-corrected chi connectivity index (χ4v) is 4.73. The molecule has 7 nitrogen and oxygen atoms in total. The molecule has 8 heteroatoms. The highest BCUT2D eigenvalue weighted by Crippen LogP contribution is 2.32. The van der Waals surface area contributed by atoms with Crippen LogP contribution in [-0.4, -0.2) is 65.5 Å². The molecular formula is C20H22N6OS. The van der Waals surface area contributed by atoms with E-state index in [-0.39, 0.29) is 5.91 Å². The first-order valence-corrected chi connectivity index (χ1v) is 10.5. The lowest BCUT2D eigenvalue weighted by Gasteiger charge is -2.31. The molecule has 0 radical (unpaired) electrons. The number of anilines is 2. The summed E-state index contributed by atoms with van der Waals surface area (Å²) in [5, 5.41) is 0.930. The Kier molecular flexibility index (Phi) is 4.44. The lowest BCUT2D eigenvalue weighted by Crippen LogP contribution is -2.49. The molecule has 0 aromatic carbocycles. The monoisotopic (exact) mass is 394 g/mol. The van der Waals surface area contributed by atoms with Crippen LogP contribution in [-0.2, 0) is 4.79 Å². The van der Waals surface area contributed by atoms with Crippen LogP contribution in [0.3, 0.4) is 0 Å². The highest BCUT2D eigenvalue weighted by atomic mass is 32.1. The lowest BCUT2D eigenvalue weighted by molar-refractivity contribution is -0.120. The highest BCUT2D eigenvalue weighted by Gasteiger charge is 2.24. The van der Waals surface area contributed by atoms with Gasteiger partial charge in [0.05, 0.1) is 17.4 Å². The number of thiazole rings is 1. The van der Waals surface area contributed by atoms with E-state index in [9.17, 15) is 4.79 Å². The third kappa shape index (κ3) is 3.22. The van der Waals surface area contributed by atoms with Crippen molar-refractivity contribution in [2.24, 2.45) is 0 Å². The molecule has 0 bridgehead atoms. The van der Waals surface area contributed by atoms with Gasteiger partial charge in [-0.05, 0) is 32.0 Å². The third-order valence-corrected chi connectivity index (χ3v) is 6.44. The molecule has 2 saturated heterocycles. The Morgan fingerprint density at radius 1 is 1.00 bits per heavy atom. The molecule has 0 aliphatic carbocycles. The van der Waals surface area contributed by atoms with Crippen LogP contribution in [0.15, 0.2) is 30.6 Å². The van der Waals surface area contributed by atoms with Gasteiger partial charge in [-0.15, -0.1) is 11.3 Å². The molecule has 0 saturated carbocycles. The van der Waals surface area contributed by atoms with Crippen LogP contribution in [0.1, 0.15) is 12.8 Å². The van der Waals surface area contributed by atoms with E-state index in [1.165, 1.54) is 12.8 Å². The van der Waals surface area contributed by atoms with Crippen LogP contribution in [0.4, 0.5) is 11.6 Å². The lowest BCUT2D eigenvalue weighted by atomic mass is 10.3. The van der Waals surface area contributed by atoms with Crippen LogP contribution in [0.25, 0.3) is 20.8 Å². The Bertz CT molecular complexity index is 1010. The normalized spacial score (nSPS) is 18.4. The van der Waals surface area contributed by atoms with Gasteiger partial charge in [-0.25, -0.2) is 15.0 Å². The van der Waals surface area contributed by atoms with E-state index < -0.39 is 0 Å². The number of amides is 1. The van der Waals surface area contributed by atoms with Crippen molar-refractivity contribution in [3.8, 4) is 10.6 Å². The van der Waals surface area contributed by atoms with Crippen LogP contribution < -0.4 is 9.80 Å². The molecule has 5 rings (SSSR count). The second kappa shape index (κ2) is 7.10. The largest absolute Gasteiger partial charge is 0.357 e. The predicted molar refractivity (Wildman–Crippen MR) is 112 cm³/mol. The number of carbonyl (C=O) groups is 1. The van der Waals surface area contributed by atoms with Crippen molar-refractivity contribution < 1.29 is 4.79 Å². The Hall–Kier alpha value is -2.58. The number of hydrogen-bond donors (Lipinski definition) is 0. The van der Waals surface area contributed by atoms with Crippen molar-refractivity contribution in [2.45, 2.75) is 12.8 Å². The number of fused-ring (bicyclic) bond motifs is 1. The van der Waals surface area contributed by atoms with E-state index in [2.05, 4.69) is 27.0 Å². The zero-order valence-electron chi connectivity index (χ0n) is 15.8. The maximum atomic E-state index is 12.3. The van der Waals surface area contributed by atoms with Crippen molar-refractivity contribution in [1.82, 2.24) is 19.9 Å². The SMILES string of the molecule is CN1CCN(c2cc3sc(-c4ccc(N5CCCC5)nc4)nc3cn2)C(=O)C1. The minimum absolute atomic E-state index is 0.0899.